The standard InChI is InChI=1S/C15H25N3O2/c1-11(2)18-14(19)10-20-13-7-6-12(16-9-13)8-17-15(3,4)5/h6-7,9,11,17H,8,10H2,1-5H3,(H,18,19). The molecule has 1 aromatic heterocycles. The van der Waals surface area contributed by atoms with Crippen LogP contribution >= 0.6 is 0 Å². The molecule has 1 amide bonds. The van der Waals surface area contributed by atoms with E-state index in [0.29, 0.717) is 12.3 Å². The fourth-order valence-corrected chi connectivity index (χ4v) is 1.47. The molecule has 112 valence electrons. The van der Waals surface area contributed by atoms with Gasteiger partial charge >= 0.3 is 0 Å². The summed E-state index contributed by atoms with van der Waals surface area (Å²) in [5.41, 5.74) is 1.00. The molecular weight excluding hydrogens is 254 g/mol. The summed E-state index contributed by atoms with van der Waals surface area (Å²) in [6, 6.07) is 3.85. The van der Waals surface area contributed by atoms with E-state index in [9.17, 15) is 4.79 Å². The normalized spacial score (nSPS) is 11.5. The lowest BCUT2D eigenvalue weighted by Gasteiger charge is -2.20. The lowest BCUT2D eigenvalue weighted by molar-refractivity contribution is -0.123. The fraction of sp³-hybridized carbons (Fsp3) is 0.600. The zero-order valence-corrected chi connectivity index (χ0v) is 13.0. The summed E-state index contributed by atoms with van der Waals surface area (Å²) >= 11 is 0. The van der Waals surface area contributed by atoms with Crippen molar-refractivity contribution in [1.82, 2.24) is 15.6 Å². The molecule has 1 heterocycles. The Morgan fingerprint density at radius 3 is 2.55 bits per heavy atom. The molecule has 1 aromatic rings. The molecule has 0 saturated carbocycles. The highest BCUT2D eigenvalue weighted by molar-refractivity contribution is 5.77. The van der Waals surface area contributed by atoms with Gasteiger partial charge in [0.2, 0.25) is 0 Å². The second-order valence-electron chi connectivity index (χ2n) is 6.10. The highest BCUT2D eigenvalue weighted by atomic mass is 16.5. The molecule has 5 nitrogen and oxygen atoms in total. The monoisotopic (exact) mass is 279 g/mol. The largest absolute Gasteiger partial charge is 0.482 e. The van der Waals surface area contributed by atoms with Crippen molar-refractivity contribution in [2.24, 2.45) is 0 Å². The van der Waals surface area contributed by atoms with E-state index in [1.165, 1.54) is 0 Å². The number of rotatable bonds is 6. The third kappa shape index (κ3) is 7.09. The van der Waals surface area contributed by atoms with Gasteiger partial charge < -0.3 is 15.4 Å². The molecule has 0 aromatic carbocycles. The number of ether oxygens (including phenoxy) is 1. The van der Waals surface area contributed by atoms with Crippen LogP contribution in [-0.2, 0) is 11.3 Å². The Morgan fingerprint density at radius 2 is 2.05 bits per heavy atom. The number of aromatic nitrogens is 1. The van der Waals surface area contributed by atoms with Crippen molar-refractivity contribution in [2.45, 2.75) is 52.7 Å². The summed E-state index contributed by atoms with van der Waals surface area (Å²) in [6.45, 7) is 10.9. The van der Waals surface area contributed by atoms with Gasteiger partial charge in [-0.25, -0.2) is 0 Å². The molecule has 5 heteroatoms. The molecule has 0 fully saturated rings. The van der Waals surface area contributed by atoms with Gasteiger partial charge in [0.05, 0.1) is 11.9 Å². The molecule has 0 unspecified atom stereocenters. The maximum atomic E-state index is 11.4. The van der Waals surface area contributed by atoms with Crippen LogP contribution in [0.25, 0.3) is 0 Å². The summed E-state index contributed by atoms with van der Waals surface area (Å²) in [5, 5.41) is 6.13. The van der Waals surface area contributed by atoms with E-state index in [0.717, 1.165) is 5.69 Å². The van der Waals surface area contributed by atoms with Crippen molar-refractivity contribution < 1.29 is 9.53 Å². The minimum Gasteiger partial charge on any atom is -0.482 e. The zero-order chi connectivity index (χ0) is 15.2. The molecule has 0 atom stereocenters. The van der Waals surface area contributed by atoms with Gasteiger partial charge in [0.1, 0.15) is 5.75 Å². The Labute approximate surface area is 121 Å². The molecule has 0 radical (unpaired) electrons. The minimum absolute atomic E-state index is 0.0133. The molecule has 0 saturated heterocycles. The number of amides is 1. The number of pyridine rings is 1. The van der Waals surface area contributed by atoms with Gasteiger partial charge in [-0.05, 0) is 46.8 Å². The minimum atomic E-state index is -0.126. The molecule has 1 rings (SSSR count). The van der Waals surface area contributed by atoms with E-state index in [4.69, 9.17) is 4.74 Å². The second-order valence-corrected chi connectivity index (χ2v) is 6.10. The lowest BCUT2D eigenvalue weighted by atomic mass is 10.1. The Bertz CT molecular complexity index is 422. The van der Waals surface area contributed by atoms with E-state index in [1.54, 1.807) is 6.20 Å². The van der Waals surface area contributed by atoms with Gasteiger partial charge in [0, 0.05) is 18.1 Å². The highest BCUT2D eigenvalue weighted by Gasteiger charge is 2.09. The molecule has 0 aliphatic rings. The molecule has 0 aliphatic carbocycles. The quantitative estimate of drug-likeness (QED) is 0.834. The Balaban J connectivity index is 2.41. The van der Waals surface area contributed by atoms with Crippen LogP contribution in [0.5, 0.6) is 5.75 Å². The first-order valence-corrected chi connectivity index (χ1v) is 6.88. The van der Waals surface area contributed by atoms with Crippen LogP contribution in [0.1, 0.15) is 40.3 Å². The van der Waals surface area contributed by atoms with Crippen LogP contribution < -0.4 is 15.4 Å². The van der Waals surface area contributed by atoms with Crippen LogP contribution in [0.15, 0.2) is 18.3 Å². The maximum absolute atomic E-state index is 11.4. The topological polar surface area (TPSA) is 63.2 Å². The molecular formula is C15H25N3O2. The highest BCUT2D eigenvalue weighted by Crippen LogP contribution is 2.10. The van der Waals surface area contributed by atoms with Crippen LogP contribution in [0, 0.1) is 0 Å². The first kappa shape index (κ1) is 16.4. The van der Waals surface area contributed by atoms with Crippen LogP contribution in [-0.4, -0.2) is 29.1 Å². The maximum Gasteiger partial charge on any atom is 0.258 e. The van der Waals surface area contributed by atoms with E-state index >= 15 is 0 Å². The van der Waals surface area contributed by atoms with Gasteiger partial charge in [-0.15, -0.1) is 0 Å². The van der Waals surface area contributed by atoms with Crippen molar-refractivity contribution in [1.29, 1.82) is 0 Å². The molecule has 0 aliphatic heterocycles. The first-order chi connectivity index (χ1) is 9.26. The third-order valence-electron chi connectivity index (χ3n) is 2.42. The number of carbonyl (C=O) groups is 1. The van der Waals surface area contributed by atoms with Gasteiger partial charge in [0.15, 0.2) is 6.61 Å². The molecule has 20 heavy (non-hydrogen) atoms. The number of nitrogens with one attached hydrogen (secondary N) is 2. The first-order valence-electron chi connectivity index (χ1n) is 6.88. The van der Waals surface area contributed by atoms with Crippen LogP contribution in [0.3, 0.4) is 0 Å². The number of hydrogen-bond donors (Lipinski definition) is 2. The summed E-state index contributed by atoms with van der Waals surface area (Å²) in [7, 11) is 0. The smallest absolute Gasteiger partial charge is 0.258 e. The fourth-order valence-electron chi connectivity index (χ4n) is 1.47. The SMILES string of the molecule is CC(C)NC(=O)COc1ccc(CNC(C)(C)C)nc1. The van der Waals surface area contributed by atoms with E-state index in [1.807, 2.05) is 26.0 Å². The predicted molar refractivity (Wildman–Crippen MR) is 79.6 cm³/mol. The number of nitrogens with zero attached hydrogens (tertiary/aromatic N) is 1. The predicted octanol–water partition coefficient (Wildman–Crippen LogP) is 1.87. The van der Waals surface area contributed by atoms with Crippen LogP contribution in [0.2, 0.25) is 0 Å². The van der Waals surface area contributed by atoms with Gasteiger partial charge in [-0.1, -0.05) is 0 Å². The van der Waals surface area contributed by atoms with Gasteiger partial charge in [-0.3, -0.25) is 9.78 Å². The van der Waals surface area contributed by atoms with Crippen LogP contribution in [0.4, 0.5) is 0 Å². The van der Waals surface area contributed by atoms with Gasteiger partial charge in [0.25, 0.3) is 5.91 Å². The Kier molecular flexibility index (Phi) is 5.95. The summed E-state index contributed by atoms with van der Waals surface area (Å²) < 4.78 is 5.37. The Morgan fingerprint density at radius 1 is 1.35 bits per heavy atom. The summed E-state index contributed by atoms with van der Waals surface area (Å²) in [5.74, 6) is 0.474. The van der Waals surface area contributed by atoms with Crippen molar-refractivity contribution in [2.75, 3.05) is 6.61 Å². The average molecular weight is 279 g/mol. The van der Waals surface area contributed by atoms with E-state index in [-0.39, 0.29) is 24.1 Å². The lowest BCUT2D eigenvalue weighted by Crippen LogP contribution is -2.35. The Hall–Kier alpha value is -1.62. The van der Waals surface area contributed by atoms with Crippen molar-refractivity contribution in [3.63, 3.8) is 0 Å². The summed E-state index contributed by atoms with van der Waals surface area (Å²) in [6.07, 6.45) is 1.64. The third-order valence-corrected chi connectivity index (χ3v) is 2.42. The van der Waals surface area contributed by atoms with Crippen molar-refractivity contribution in [3.05, 3.63) is 24.0 Å². The molecule has 0 spiro atoms. The molecule has 0 bridgehead atoms. The van der Waals surface area contributed by atoms with E-state index in [2.05, 4.69) is 36.4 Å². The number of carbonyl (C=O) groups excluding carboxylic acids is 1. The number of hydrogen-bond acceptors (Lipinski definition) is 4. The average Bonchev–Trinajstić information content (AvgIpc) is 2.33. The van der Waals surface area contributed by atoms with E-state index < -0.39 is 0 Å². The zero-order valence-electron chi connectivity index (χ0n) is 13.0. The van der Waals surface area contributed by atoms with Gasteiger partial charge in [-0.2, -0.15) is 0 Å². The summed E-state index contributed by atoms with van der Waals surface area (Å²) in [4.78, 5) is 15.7. The molecule has 2 N–H and O–H groups in total. The van der Waals surface area contributed by atoms with Crippen molar-refractivity contribution >= 4 is 5.91 Å². The van der Waals surface area contributed by atoms with Crippen molar-refractivity contribution in [3.8, 4) is 5.75 Å². The second kappa shape index (κ2) is 7.24.